The van der Waals surface area contributed by atoms with Crippen LogP contribution in [0.25, 0.3) is 0 Å². The Labute approximate surface area is 119 Å². The average Bonchev–Trinajstić information content (AvgIpc) is 2.37. The third kappa shape index (κ3) is 4.60. The summed E-state index contributed by atoms with van der Waals surface area (Å²) in [4.78, 5) is 4.08. The first-order valence-corrected chi connectivity index (χ1v) is 7.91. The molecule has 106 valence electrons. The molecule has 1 heterocycles. The number of methoxy groups -OCH3 is 1. The fraction of sp³-hybridized carbons (Fsp3) is 0.462. The molecule has 0 aliphatic heterocycles. The summed E-state index contributed by atoms with van der Waals surface area (Å²) in [6.07, 6.45) is 3.72. The number of rotatable bonds is 6. The van der Waals surface area contributed by atoms with Gasteiger partial charge in [-0.25, -0.2) is 13.4 Å². The van der Waals surface area contributed by atoms with E-state index in [-0.39, 0.29) is 10.6 Å². The van der Waals surface area contributed by atoms with Crippen LogP contribution in [-0.2, 0) is 14.6 Å². The van der Waals surface area contributed by atoms with Crippen molar-refractivity contribution in [2.24, 2.45) is 0 Å². The number of hydrogen-bond acceptors (Lipinski definition) is 4. The summed E-state index contributed by atoms with van der Waals surface area (Å²) in [7, 11) is -1.79. The molecule has 0 saturated heterocycles. The molecule has 19 heavy (non-hydrogen) atoms. The van der Waals surface area contributed by atoms with Crippen LogP contribution in [0.15, 0.2) is 28.8 Å². The standard InChI is InChI=1S/C13H18ClNO3S/c1-4-11(5-6-18-3)9-19(16,17)12-7-10(2)13(14)15-8-12/h4,7-8H,5-6,9H2,1-3H3. The zero-order valence-corrected chi connectivity index (χ0v) is 12.9. The molecular weight excluding hydrogens is 286 g/mol. The molecule has 0 amide bonds. The van der Waals surface area contributed by atoms with Gasteiger partial charge in [0, 0.05) is 19.9 Å². The first-order valence-electron chi connectivity index (χ1n) is 5.88. The van der Waals surface area contributed by atoms with Crippen molar-refractivity contribution in [1.82, 2.24) is 4.98 Å². The van der Waals surface area contributed by atoms with E-state index in [0.29, 0.717) is 23.7 Å². The fourth-order valence-electron chi connectivity index (χ4n) is 1.56. The summed E-state index contributed by atoms with van der Waals surface area (Å²) < 4.78 is 29.5. The highest BCUT2D eigenvalue weighted by molar-refractivity contribution is 7.91. The Kier molecular flexibility index (Phi) is 5.97. The molecule has 0 aromatic carbocycles. The van der Waals surface area contributed by atoms with Crippen LogP contribution in [0.3, 0.4) is 0 Å². The largest absolute Gasteiger partial charge is 0.384 e. The van der Waals surface area contributed by atoms with Gasteiger partial charge in [0.05, 0.1) is 10.6 Å². The van der Waals surface area contributed by atoms with Crippen LogP contribution in [0.2, 0.25) is 5.15 Å². The molecular formula is C13H18ClNO3S. The van der Waals surface area contributed by atoms with Gasteiger partial charge in [0.15, 0.2) is 9.84 Å². The molecule has 0 fully saturated rings. The zero-order chi connectivity index (χ0) is 14.5. The Bertz CT molecular complexity index is 567. The zero-order valence-electron chi connectivity index (χ0n) is 11.3. The summed E-state index contributed by atoms with van der Waals surface area (Å²) in [6, 6.07) is 1.55. The van der Waals surface area contributed by atoms with Crippen molar-refractivity contribution in [1.29, 1.82) is 0 Å². The molecule has 0 atom stereocenters. The van der Waals surface area contributed by atoms with E-state index in [1.807, 2.05) is 13.0 Å². The van der Waals surface area contributed by atoms with Crippen LogP contribution in [0.5, 0.6) is 0 Å². The Morgan fingerprint density at radius 2 is 2.21 bits per heavy atom. The molecule has 0 radical (unpaired) electrons. The normalized spacial score (nSPS) is 12.7. The van der Waals surface area contributed by atoms with Crippen LogP contribution in [0.4, 0.5) is 0 Å². The lowest BCUT2D eigenvalue weighted by atomic mass is 10.2. The summed E-state index contributed by atoms with van der Waals surface area (Å²) >= 11 is 5.80. The molecule has 4 nitrogen and oxygen atoms in total. The number of allylic oxidation sites excluding steroid dienone is 1. The van der Waals surface area contributed by atoms with Gasteiger partial charge in [0.25, 0.3) is 0 Å². The highest BCUT2D eigenvalue weighted by Crippen LogP contribution is 2.19. The molecule has 0 aliphatic rings. The van der Waals surface area contributed by atoms with Crippen molar-refractivity contribution in [3.63, 3.8) is 0 Å². The lowest BCUT2D eigenvalue weighted by Gasteiger charge is -2.09. The van der Waals surface area contributed by atoms with E-state index < -0.39 is 9.84 Å². The second-order valence-electron chi connectivity index (χ2n) is 4.23. The molecule has 1 rings (SSSR count). The number of ether oxygens (including phenoxy) is 1. The van der Waals surface area contributed by atoms with Gasteiger partial charge >= 0.3 is 0 Å². The Balaban J connectivity index is 2.94. The number of nitrogens with zero attached hydrogens (tertiary/aromatic N) is 1. The summed E-state index contributed by atoms with van der Waals surface area (Å²) in [6.45, 7) is 4.06. The second kappa shape index (κ2) is 7.03. The van der Waals surface area contributed by atoms with Crippen molar-refractivity contribution in [3.05, 3.63) is 34.6 Å². The van der Waals surface area contributed by atoms with Crippen molar-refractivity contribution in [3.8, 4) is 0 Å². The Morgan fingerprint density at radius 3 is 2.74 bits per heavy atom. The minimum Gasteiger partial charge on any atom is -0.384 e. The molecule has 1 aromatic rings. The monoisotopic (exact) mass is 303 g/mol. The Hall–Kier alpha value is -0.910. The molecule has 0 bridgehead atoms. The minimum absolute atomic E-state index is 0.0182. The number of aromatic nitrogens is 1. The van der Waals surface area contributed by atoms with E-state index in [2.05, 4.69) is 4.98 Å². The van der Waals surface area contributed by atoms with Crippen LogP contribution >= 0.6 is 11.6 Å². The van der Waals surface area contributed by atoms with E-state index in [9.17, 15) is 8.42 Å². The molecule has 0 N–H and O–H groups in total. The van der Waals surface area contributed by atoms with Gasteiger partial charge in [-0.05, 0) is 31.9 Å². The average molecular weight is 304 g/mol. The van der Waals surface area contributed by atoms with E-state index in [1.165, 1.54) is 6.20 Å². The van der Waals surface area contributed by atoms with E-state index in [0.717, 1.165) is 5.57 Å². The van der Waals surface area contributed by atoms with Crippen LogP contribution in [0, 0.1) is 6.92 Å². The summed E-state index contributed by atoms with van der Waals surface area (Å²) in [5.74, 6) is -0.0182. The van der Waals surface area contributed by atoms with E-state index in [1.54, 1.807) is 20.1 Å². The minimum atomic E-state index is -3.39. The number of halogens is 1. The molecule has 0 spiro atoms. The maximum atomic E-state index is 12.3. The third-order valence-corrected chi connectivity index (χ3v) is 4.85. The van der Waals surface area contributed by atoms with Crippen LogP contribution in [-0.4, -0.2) is 32.9 Å². The fourth-order valence-corrected chi connectivity index (χ4v) is 3.20. The lowest BCUT2D eigenvalue weighted by molar-refractivity contribution is 0.202. The molecule has 0 aliphatic carbocycles. The second-order valence-corrected chi connectivity index (χ2v) is 6.58. The number of aryl methyl sites for hydroxylation is 1. The van der Waals surface area contributed by atoms with E-state index in [4.69, 9.17) is 16.3 Å². The SMILES string of the molecule is CC=C(CCOC)CS(=O)(=O)c1cnc(Cl)c(C)c1. The molecule has 0 unspecified atom stereocenters. The van der Waals surface area contributed by atoms with Gasteiger partial charge in [0.2, 0.25) is 0 Å². The highest BCUT2D eigenvalue weighted by atomic mass is 35.5. The van der Waals surface area contributed by atoms with Gasteiger partial charge in [0.1, 0.15) is 5.15 Å². The Morgan fingerprint density at radius 1 is 1.53 bits per heavy atom. The van der Waals surface area contributed by atoms with Crippen molar-refractivity contribution >= 4 is 21.4 Å². The summed E-state index contributed by atoms with van der Waals surface area (Å²) in [5, 5.41) is 0.324. The van der Waals surface area contributed by atoms with Gasteiger partial charge in [-0.15, -0.1) is 0 Å². The topological polar surface area (TPSA) is 56.3 Å². The summed E-state index contributed by atoms with van der Waals surface area (Å²) in [5.41, 5.74) is 1.48. The van der Waals surface area contributed by atoms with Crippen LogP contribution in [0.1, 0.15) is 18.9 Å². The maximum Gasteiger partial charge on any atom is 0.183 e. The molecule has 6 heteroatoms. The van der Waals surface area contributed by atoms with Gasteiger partial charge in [-0.3, -0.25) is 0 Å². The van der Waals surface area contributed by atoms with Gasteiger partial charge in [-0.2, -0.15) is 0 Å². The first kappa shape index (κ1) is 16.1. The third-order valence-electron chi connectivity index (χ3n) is 2.76. The van der Waals surface area contributed by atoms with Gasteiger partial charge in [-0.1, -0.05) is 23.3 Å². The first-order chi connectivity index (χ1) is 8.90. The van der Waals surface area contributed by atoms with E-state index >= 15 is 0 Å². The van der Waals surface area contributed by atoms with Crippen molar-refractivity contribution < 1.29 is 13.2 Å². The predicted octanol–water partition coefficient (Wildman–Crippen LogP) is 2.80. The smallest absolute Gasteiger partial charge is 0.183 e. The van der Waals surface area contributed by atoms with Crippen molar-refractivity contribution in [2.45, 2.75) is 25.2 Å². The molecule has 0 saturated carbocycles. The predicted molar refractivity (Wildman–Crippen MR) is 76.3 cm³/mol. The number of sulfone groups is 1. The number of pyridine rings is 1. The maximum absolute atomic E-state index is 12.3. The number of hydrogen-bond donors (Lipinski definition) is 0. The van der Waals surface area contributed by atoms with Crippen molar-refractivity contribution in [2.75, 3.05) is 19.5 Å². The highest BCUT2D eigenvalue weighted by Gasteiger charge is 2.17. The van der Waals surface area contributed by atoms with Gasteiger partial charge < -0.3 is 4.74 Å². The molecule has 1 aromatic heterocycles. The lowest BCUT2D eigenvalue weighted by Crippen LogP contribution is -2.11. The quantitative estimate of drug-likeness (QED) is 0.599. The van der Waals surface area contributed by atoms with Crippen LogP contribution < -0.4 is 0 Å².